The lowest BCUT2D eigenvalue weighted by molar-refractivity contribution is 0.475. The van der Waals surface area contributed by atoms with E-state index in [9.17, 15) is 0 Å². The van der Waals surface area contributed by atoms with Crippen LogP contribution in [0.3, 0.4) is 0 Å². The number of rotatable bonds is 1. The average Bonchev–Trinajstić information content (AvgIpc) is 2.25. The van der Waals surface area contributed by atoms with Crippen molar-refractivity contribution < 1.29 is 5.11 Å². The van der Waals surface area contributed by atoms with Crippen LogP contribution in [0.1, 0.15) is 12.0 Å². The van der Waals surface area contributed by atoms with Gasteiger partial charge in [0, 0.05) is 3.58 Å². The third kappa shape index (κ3) is 2.96. The van der Waals surface area contributed by atoms with E-state index in [4.69, 9.17) is 5.11 Å². The summed E-state index contributed by atoms with van der Waals surface area (Å²) in [5.74, 6) is 0.311. The van der Waals surface area contributed by atoms with E-state index in [2.05, 4.69) is 46.9 Å². The number of hydrogen-bond donors (Lipinski definition) is 1. The fraction of sp³-hybridized carbons (Fsp3) is 0.0769. The molecule has 0 atom stereocenters. The van der Waals surface area contributed by atoms with Crippen LogP contribution in [0.5, 0.6) is 5.75 Å². The molecule has 0 saturated carbocycles. The summed E-state index contributed by atoms with van der Waals surface area (Å²) in [6, 6.07) is 7.25. The molecule has 2 rings (SSSR count). The molecule has 76 valence electrons. The molecule has 1 aromatic rings. The number of allylic oxidation sites excluding steroid dienone is 5. The molecule has 15 heavy (non-hydrogen) atoms. The van der Waals surface area contributed by atoms with Crippen LogP contribution in [-0.2, 0) is 0 Å². The molecule has 0 aromatic heterocycles. The second kappa shape index (κ2) is 4.66. The molecular formula is C13H11IO. The molecule has 0 bridgehead atoms. The monoisotopic (exact) mass is 310 g/mol. The molecule has 0 spiro atoms. The Morgan fingerprint density at radius 3 is 2.47 bits per heavy atom. The lowest BCUT2D eigenvalue weighted by atomic mass is 10.0. The van der Waals surface area contributed by atoms with Crippen molar-refractivity contribution in [2.24, 2.45) is 0 Å². The van der Waals surface area contributed by atoms with Crippen LogP contribution >= 0.6 is 22.6 Å². The minimum atomic E-state index is 0.311. The number of aromatic hydroxyl groups is 1. The first-order valence-electron chi connectivity index (χ1n) is 4.77. The molecule has 1 aliphatic rings. The second-order valence-corrected chi connectivity index (χ2v) is 4.68. The predicted molar refractivity (Wildman–Crippen MR) is 71.9 cm³/mol. The standard InChI is InChI=1S/C13H11IO/c14-12-5-1-10(2-6-12)9-11-3-7-13(15)8-4-11/h1,3-9,15H,2H2/b10-9+. The van der Waals surface area contributed by atoms with E-state index in [0.717, 1.165) is 12.0 Å². The lowest BCUT2D eigenvalue weighted by Crippen LogP contribution is -1.83. The number of halogens is 1. The number of phenolic OH excluding ortho intramolecular Hbond substituents is 1. The van der Waals surface area contributed by atoms with Crippen LogP contribution in [0.25, 0.3) is 6.08 Å². The molecule has 0 saturated heterocycles. The molecule has 1 N–H and O–H groups in total. The number of benzene rings is 1. The van der Waals surface area contributed by atoms with Crippen molar-refractivity contribution >= 4 is 28.7 Å². The topological polar surface area (TPSA) is 20.2 Å². The number of phenols is 1. The van der Waals surface area contributed by atoms with Crippen LogP contribution in [0.15, 0.2) is 51.6 Å². The maximum absolute atomic E-state index is 9.15. The van der Waals surface area contributed by atoms with Gasteiger partial charge in [-0.15, -0.1) is 0 Å². The molecule has 0 heterocycles. The zero-order valence-corrected chi connectivity index (χ0v) is 10.3. The van der Waals surface area contributed by atoms with E-state index in [1.807, 2.05) is 12.1 Å². The summed E-state index contributed by atoms with van der Waals surface area (Å²) >= 11 is 2.32. The van der Waals surface area contributed by atoms with Crippen LogP contribution in [0.4, 0.5) is 0 Å². The summed E-state index contributed by atoms with van der Waals surface area (Å²) in [5, 5.41) is 9.15. The summed E-state index contributed by atoms with van der Waals surface area (Å²) in [5.41, 5.74) is 2.42. The average molecular weight is 310 g/mol. The summed E-state index contributed by atoms with van der Waals surface area (Å²) in [4.78, 5) is 0. The van der Waals surface area contributed by atoms with Crippen molar-refractivity contribution in [2.75, 3.05) is 0 Å². The summed E-state index contributed by atoms with van der Waals surface area (Å²) in [6.07, 6.45) is 9.56. The quantitative estimate of drug-likeness (QED) is 0.776. The van der Waals surface area contributed by atoms with Crippen molar-refractivity contribution in [2.45, 2.75) is 6.42 Å². The van der Waals surface area contributed by atoms with Gasteiger partial charge in [0.2, 0.25) is 0 Å². The van der Waals surface area contributed by atoms with Crippen molar-refractivity contribution in [3.05, 3.63) is 57.2 Å². The van der Waals surface area contributed by atoms with Gasteiger partial charge < -0.3 is 5.11 Å². The van der Waals surface area contributed by atoms with Gasteiger partial charge in [-0.25, -0.2) is 0 Å². The molecule has 1 aromatic carbocycles. The maximum atomic E-state index is 9.15. The molecule has 1 nitrogen and oxygen atoms in total. The van der Waals surface area contributed by atoms with Crippen molar-refractivity contribution in [3.8, 4) is 5.75 Å². The summed E-state index contributed by atoms with van der Waals surface area (Å²) in [6.45, 7) is 0. The molecule has 2 heteroatoms. The smallest absolute Gasteiger partial charge is 0.115 e. The first-order valence-corrected chi connectivity index (χ1v) is 5.85. The van der Waals surface area contributed by atoms with Crippen LogP contribution in [0.2, 0.25) is 0 Å². The largest absolute Gasteiger partial charge is 0.508 e. The van der Waals surface area contributed by atoms with Crippen molar-refractivity contribution in [1.29, 1.82) is 0 Å². The van der Waals surface area contributed by atoms with Gasteiger partial charge in [-0.05, 0) is 58.4 Å². The Morgan fingerprint density at radius 1 is 1.13 bits per heavy atom. The minimum absolute atomic E-state index is 0.311. The van der Waals surface area contributed by atoms with Crippen LogP contribution < -0.4 is 0 Å². The van der Waals surface area contributed by atoms with Gasteiger partial charge in [0.1, 0.15) is 5.75 Å². The fourth-order valence-electron chi connectivity index (χ4n) is 1.43. The molecule has 0 unspecified atom stereocenters. The van der Waals surface area contributed by atoms with Gasteiger partial charge in [-0.2, -0.15) is 0 Å². The predicted octanol–water partition coefficient (Wildman–Crippen LogP) is 4.05. The van der Waals surface area contributed by atoms with Crippen LogP contribution in [0, 0.1) is 0 Å². The van der Waals surface area contributed by atoms with Gasteiger partial charge in [0.05, 0.1) is 0 Å². The van der Waals surface area contributed by atoms with E-state index < -0.39 is 0 Å². The Balaban J connectivity index is 2.18. The highest BCUT2D eigenvalue weighted by Crippen LogP contribution is 2.22. The first-order chi connectivity index (χ1) is 7.24. The molecule has 1 aliphatic carbocycles. The molecule has 0 amide bonds. The van der Waals surface area contributed by atoms with Crippen LogP contribution in [-0.4, -0.2) is 5.11 Å². The van der Waals surface area contributed by atoms with E-state index in [-0.39, 0.29) is 0 Å². The summed E-state index contributed by atoms with van der Waals surface area (Å²) < 4.78 is 1.29. The fourth-order valence-corrected chi connectivity index (χ4v) is 1.83. The first kappa shape index (κ1) is 10.5. The molecule has 0 fully saturated rings. The third-order valence-corrected chi connectivity index (χ3v) is 3.03. The Kier molecular flexibility index (Phi) is 3.26. The highest BCUT2D eigenvalue weighted by Gasteiger charge is 1.98. The Bertz CT molecular complexity index is 438. The van der Waals surface area contributed by atoms with Gasteiger partial charge in [-0.1, -0.05) is 30.4 Å². The van der Waals surface area contributed by atoms with E-state index in [0.29, 0.717) is 5.75 Å². The van der Waals surface area contributed by atoms with Gasteiger partial charge in [0.25, 0.3) is 0 Å². The molecular weight excluding hydrogens is 299 g/mol. The Labute approximate surface area is 103 Å². The lowest BCUT2D eigenvalue weighted by Gasteiger charge is -2.04. The number of hydrogen-bond acceptors (Lipinski definition) is 1. The van der Waals surface area contributed by atoms with Gasteiger partial charge in [-0.3, -0.25) is 0 Å². The van der Waals surface area contributed by atoms with E-state index in [1.165, 1.54) is 9.15 Å². The van der Waals surface area contributed by atoms with Gasteiger partial charge >= 0.3 is 0 Å². The van der Waals surface area contributed by atoms with Crippen molar-refractivity contribution in [1.82, 2.24) is 0 Å². The third-order valence-electron chi connectivity index (χ3n) is 2.23. The zero-order chi connectivity index (χ0) is 10.7. The maximum Gasteiger partial charge on any atom is 0.115 e. The molecule has 0 aliphatic heterocycles. The van der Waals surface area contributed by atoms with Crippen molar-refractivity contribution in [3.63, 3.8) is 0 Å². The highest BCUT2D eigenvalue weighted by atomic mass is 127. The van der Waals surface area contributed by atoms with Gasteiger partial charge in [0.15, 0.2) is 0 Å². The minimum Gasteiger partial charge on any atom is -0.508 e. The molecule has 0 radical (unpaired) electrons. The highest BCUT2D eigenvalue weighted by molar-refractivity contribution is 14.1. The van der Waals surface area contributed by atoms with E-state index >= 15 is 0 Å². The zero-order valence-electron chi connectivity index (χ0n) is 8.15. The SMILES string of the molecule is Oc1ccc(/C=C2\C=CC(I)=CC2)cc1. The normalized spacial score (nSPS) is 17.9. The second-order valence-electron chi connectivity index (χ2n) is 3.44. The summed E-state index contributed by atoms with van der Waals surface area (Å²) in [7, 11) is 0. The Hall–Kier alpha value is -1.03. The Morgan fingerprint density at radius 2 is 1.87 bits per heavy atom. The van der Waals surface area contributed by atoms with E-state index in [1.54, 1.807) is 12.1 Å².